The second-order valence-corrected chi connectivity index (χ2v) is 5.96. The molecular weight excluding hydrogens is 304 g/mol. The van der Waals surface area contributed by atoms with Gasteiger partial charge < -0.3 is 14.2 Å². The molecule has 0 saturated carbocycles. The lowest BCUT2D eigenvalue weighted by atomic mass is 10.3. The Hall–Kier alpha value is -2.76. The van der Waals surface area contributed by atoms with Gasteiger partial charge in [-0.2, -0.15) is 5.10 Å². The molecule has 0 unspecified atom stereocenters. The number of nitrogens with one attached hydrogen (secondary N) is 1. The molecule has 6 heteroatoms. The maximum atomic E-state index is 11.8. The number of carbonyl (C=O) groups excluding carboxylic acids is 1. The summed E-state index contributed by atoms with van der Waals surface area (Å²) in [6, 6.07) is 9.90. The molecule has 0 atom stereocenters. The van der Waals surface area contributed by atoms with Gasteiger partial charge in [-0.3, -0.25) is 4.79 Å². The van der Waals surface area contributed by atoms with Gasteiger partial charge >= 0.3 is 0 Å². The van der Waals surface area contributed by atoms with Crippen LogP contribution >= 0.6 is 0 Å². The average Bonchev–Trinajstić information content (AvgIpc) is 3.02. The number of hydrazone groups is 1. The van der Waals surface area contributed by atoms with Gasteiger partial charge in [0.05, 0.1) is 6.21 Å². The Bertz CT molecular complexity index is 705. The zero-order chi connectivity index (χ0) is 17.5. The number of hydrogen-bond donors (Lipinski definition) is 1. The summed E-state index contributed by atoms with van der Waals surface area (Å²) >= 11 is 0. The highest BCUT2D eigenvalue weighted by Crippen LogP contribution is 2.19. The first kappa shape index (κ1) is 17.6. The molecule has 0 saturated heterocycles. The Balaban J connectivity index is 1.80. The van der Waals surface area contributed by atoms with Crippen LogP contribution < -0.4 is 15.1 Å². The number of carbonyl (C=O) groups is 1. The van der Waals surface area contributed by atoms with Crippen molar-refractivity contribution in [2.24, 2.45) is 5.10 Å². The number of aromatic nitrogens is 1. The van der Waals surface area contributed by atoms with Gasteiger partial charge in [0.1, 0.15) is 5.75 Å². The molecule has 1 heterocycles. The molecule has 0 aliphatic heterocycles. The summed E-state index contributed by atoms with van der Waals surface area (Å²) in [5, 5.41) is 3.95. The van der Waals surface area contributed by atoms with Gasteiger partial charge in [0, 0.05) is 49.8 Å². The smallest absolute Gasteiger partial charge is 0.277 e. The third-order valence-electron chi connectivity index (χ3n) is 3.44. The van der Waals surface area contributed by atoms with Gasteiger partial charge in [0.25, 0.3) is 5.91 Å². The second-order valence-electron chi connectivity index (χ2n) is 5.96. The molecule has 0 fully saturated rings. The molecule has 0 aliphatic rings. The van der Waals surface area contributed by atoms with Crippen molar-refractivity contribution in [2.45, 2.75) is 19.9 Å². The fourth-order valence-corrected chi connectivity index (χ4v) is 2.04. The minimum Gasteiger partial charge on any atom is -0.484 e. The number of rotatable bonds is 7. The molecule has 1 amide bonds. The molecule has 1 aromatic heterocycles. The highest BCUT2D eigenvalue weighted by Gasteiger charge is 2.03. The minimum absolute atomic E-state index is 0.0821. The molecule has 2 aromatic rings. The monoisotopic (exact) mass is 328 g/mol. The molecule has 2 rings (SSSR count). The first-order chi connectivity index (χ1) is 11.5. The van der Waals surface area contributed by atoms with Crippen LogP contribution in [0.1, 0.15) is 25.5 Å². The Kier molecular flexibility index (Phi) is 6.01. The third kappa shape index (κ3) is 5.15. The van der Waals surface area contributed by atoms with E-state index < -0.39 is 0 Å². The summed E-state index contributed by atoms with van der Waals surface area (Å²) < 4.78 is 7.55. The molecule has 24 heavy (non-hydrogen) atoms. The zero-order valence-corrected chi connectivity index (χ0v) is 14.6. The van der Waals surface area contributed by atoms with Crippen molar-refractivity contribution in [3.63, 3.8) is 0 Å². The Morgan fingerprint density at radius 3 is 2.83 bits per heavy atom. The summed E-state index contributed by atoms with van der Waals surface area (Å²) in [5.74, 6) is 0.346. The summed E-state index contributed by atoms with van der Waals surface area (Å²) in [5.41, 5.74) is 4.41. The summed E-state index contributed by atoms with van der Waals surface area (Å²) in [4.78, 5) is 13.7. The highest BCUT2D eigenvalue weighted by atomic mass is 16.5. The van der Waals surface area contributed by atoms with Crippen LogP contribution in [0.25, 0.3) is 0 Å². The lowest BCUT2D eigenvalue weighted by Gasteiger charge is -2.13. The molecular formula is C18H24N4O2. The molecule has 0 spiro atoms. The van der Waals surface area contributed by atoms with Crippen LogP contribution in [-0.4, -0.2) is 37.4 Å². The number of anilines is 1. The fourth-order valence-electron chi connectivity index (χ4n) is 2.04. The van der Waals surface area contributed by atoms with Crippen LogP contribution in [0.3, 0.4) is 0 Å². The Morgan fingerprint density at radius 2 is 2.17 bits per heavy atom. The number of hydrogen-bond acceptors (Lipinski definition) is 4. The molecule has 1 aromatic carbocycles. The van der Waals surface area contributed by atoms with Gasteiger partial charge in [-0.25, -0.2) is 5.43 Å². The van der Waals surface area contributed by atoms with Crippen LogP contribution in [0.5, 0.6) is 5.75 Å². The van der Waals surface area contributed by atoms with Crippen molar-refractivity contribution >= 4 is 17.8 Å². The van der Waals surface area contributed by atoms with E-state index >= 15 is 0 Å². The lowest BCUT2D eigenvalue weighted by molar-refractivity contribution is -0.123. The first-order valence-corrected chi connectivity index (χ1v) is 7.85. The van der Waals surface area contributed by atoms with Crippen molar-refractivity contribution in [1.29, 1.82) is 0 Å². The molecule has 0 bridgehead atoms. The van der Waals surface area contributed by atoms with Crippen molar-refractivity contribution in [3.8, 4) is 5.75 Å². The van der Waals surface area contributed by atoms with Gasteiger partial charge in [-0.15, -0.1) is 0 Å². The van der Waals surface area contributed by atoms with Crippen molar-refractivity contribution in [2.75, 3.05) is 25.6 Å². The van der Waals surface area contributed by atoms with Crippen LogP contribution in [0.4, 0.5) is 5.69 Å². The van der Waals surface area contributed by atoms with Gasteiger partial charge in [0.2, 0.25) is 0 Å². The molecule has 0 radical (unpaired) electrons. The predicted octanol–water partition coefficient (Wildman–Crippen LogP) is 2.66. The van der Waals surface area contributed by atoms with E-state index in [0.29, 0.717) is 11.8 Å². The number of benzene rings is 1. The normalized spacial score (nSPS) is 11.0. The van der Waals surface area contributed by atoms with Crippen molar-refractivity contribution in [1.82, 2.24) is 9.99 Å². The number of ether oxygens (including phenoxy) is 1. The van der Waals surface area contributed by atoms with Crippen LogP contribution in [-0.2, 0) is 4.79 Å². The molecule has 0 aliphatic carbocycles. The van der Waals surface area contributed by atoms with E-state index in [9.17, 15) is 4.79 Å². The largest absolute Gasteiger partial charge is 0.484 e. The van der Waals surface area contributed by atoms with Gasteiger partial charge in [-0.1, -0.05) is 6.07 Å². The topological polar surface area (TPSA) is 58.9 Å². The average molecular weight is 328 g/mol. The minimum atomic E-state index is -0.301. The van der Waals surface area contributed by atoms with E-state index in [0.717, 1.165) is 11.3 Å². The first-order valence-electron chi connectivity index (χ1n) is 7.85. The van der Waals surface area contributed by atoms with E-state index in [1.54, 1.807) is 6.21 Å². The maximum absolute atomic E-state index is 11.8. The second kappa shape index (κ2) is 8.19. The van der Waals surface area contributed by atoms with Crippen molar-refractivity contribution in [3.05, 3.63) is 48.3 Å². The van der Waals surface area contributed by atoms with Crippen LogP contribution in [0.15, 0.2) is 47.8 Å². The quantitative estimate of drug-likeness (QED) is 0.628. The molecule has 128 valence electrons. The molecule has 6 nitrogen and oxygen atoms in total. The van der Waals surface area contributed by atoms with Gasteiger partial charge in [-0.05, 0) is 32.0 Å². The SMILES string of the molecule is CC(C)n1ccc(/C=N/NC(=O)COc2cccc(N(C)C)c2)c1. The van der Waals surface area contributed by atoms with Crippen LogP contribution in [0, 0.1) is 0 Å². The predicted molar refractivity (Wildman–Crippen MR) is 96.8 cm³/mol. The van der Waals surface area contributed by atoms with E-state index in [4.69, 9.17) is 4.74 Å². The lowest BCUT2D eigenvalue weighted by Crippen LogP contribution is -2.24. The zero-order valence-electron chi connectivity index (χ0n) is 14.6. The standard InChI is InChI=1S/C18H24N4O2/c1-14(2)22-9-8-15(12-22)11-19-20-18(23)13-24-17-7-5-6-16(10-17)21(3)4/h5-12,14H,13H2,1-4H3,(H,20,23)/b19-11+. The van der Waals surface area contributed by atoms with Crippen LogP contribution in [0.2, 0.25) is 0 Å². The Labute approximate surface area is 142 Å². The fraction of sp³-hybridized carbons (Fsp3) is 0.333. The van der Waals surface area contributed by atoms with E-state index in [1.807, 2.05) is 61.7 Å². The highest BCUT2D eigenvalue weighted by molar-refractivity contribution is 5.82. The van der Waals surface area contributed by atoms with E-state index in [-0.39, 0.29) is 12.5 Å². The summed E-state index contributed by atoms with van der Waals surface area (Å²) in [6.45, 7) is 4.12. The number of nitrogens with zero attached hydrogens (tertiary/aromatic N) is 3. The maximum Gasteiger partial charge on any atom is 0.277 e. The third-order valence-corrected chi connectivity index (χ3v) is 3.44. The summed E-state index contributed by atoms with van der Waals surface area (Å²) in [7, 11) is 3.90. The van der Waals surface area contributed by atoms with E-state index in [1.165, 1.54) is 0 Å². The van der Waals surface area contributed by atoms with Gasteiger partial charge in [0.15, 0.2) is 6.61 Å². The van der Waals surface area contributed by atoms with Crippen molar-refractivity contribution < 1.29 is 9.53 Å². The van der Waals surface area contributed by atoms with E-state index in [2.05, 4.69) is 28.9 Å². The number of amides is 1. The molecule has 1 N–H and O–H groups in total. The summed E-state index contributed by atoms with van der Waals surface area (Å²) in [6.07, 6.45) is 5.57. The Morgan fingerprint density at radius 1 is 1.38 bits per heavy atom.